The summed E-state index contributed by atoms with van der Waals surface area (Å²) in [4.78, 5) is 4.81. The maximum atomic E-state index is 3.47. The largest absolute Gasteiger partial charge is 0.142 e. The van der Waals surface area contributed by atoms with Gasteiger partial charge in [-0.15, -0.1) is 45.3 Å². The number of thiophene rings is 4. The summed E-state index contributed by atoms with van der Waals surface area (Å²) < 4.78 is 2.47. The van der Waals surface area contributed by atoms with Gasteiger partial charge in [0.05, 0.1) is 30.3 Å². The van der Waals surface area contributed by atoms with Gasteiger partial charge in [0, 0.05) is 20.5 Å². The van der Waals surface area contributed by atoms with Gasteiger partial charge in [-0.3, -0.25) is 0 Å². The molecule has 0 nitrogen and oxygen atoms in total. The third-order valence-corrected chi connectivity index (χ3v) is 8.12. The molecule has 0 amide bonds. The average Bonchev–Trinajstić information content (AvgIpc) is 3.45. The van der Waals surface area contributed by atoms with Gasteiger partial charge >= 0.3 is 0 Å². The Hall–Kier alpha value is -2.34. The third-order valence-electron chi connectivity index (χ3n) is 4.43. The van der Waals surface area contributed by atoms with E-state index in [9.17, 15) is 0 Å². The smallest absolute Gasteiger partial charge is 0.0775 e. The highest BCUT2D eigenvalue weighted by Gasteiger charge is 2.14. The molecule has 0 spiro atoms. The van der Waals surface area contributed by atoms with Crippen molar-refractivity contribution in [2.45, 2.75) is 13.8 Å². The lowest BCUT2D eigenvalue weighted by Gasteiger charge is -2.03. The fourth-order valence-corrected chi connectivity index (χ4v) is 6.42. The van der Waals surface area contributed by atoms with Gasteiger partial charge in [-0.1, -0.05) is 23.7 Å². The van der Waals surface area contributed by atoms with E-state index in [0.29, 0.717) is 0 Å². The summed E-state index contributed by atoms with van der Waals surface area (Å²) in [5.41, 5.74) is 2.26. The predicted octanol–water partition coefficient (Wildman–Crippen LogP) is 7.66. The normalized spacial score (nSPS) is 10.6. The second-order valence-corrected chi connectivity index (χ2v) is 10.8. The molecule has 134 valence electrons. The van der Waals surface area contributed by atoms with Crippen LogP contribution in [-0.4, -0.2) is 0 Å². The van der Waals surface area contributed by atoms with E-state index in [4.69, 9.17) is 0 Å². The van der Waals surface area contributed by atoms with Crippen LogP contribution in [0.5, 0.6) is 0 Å². The molecule has 0 bridgehead atoms. The van der Waals surface area contributed by atoms with Crippen molar-refractivity contribution in [1.82, 2.24) is 0 Å². The van der Waals surface area contributed by atoms with E-state index < -0.39 is 0 Å². The monoisotopic (exact) mass is 430 g/mol. The van der Waals surface area contributed by atoms with Crippen LogP contribution in [0.3, 0.4) is 0 Å². The Morgan fingerprint density at radius 2 is 1.04 bits per heavy atom. The molecule has 0 N–H and O–H groups in total. The first-order chi connectivity index (χ1) is 13.7. The van der Waals surface area contributed by atoms with Crippen molar-refractivity contribution in [2.24, 2.45) is 0 Å². The van der Waals surface area contributed by atoms with Crippen LogP contribution in [-0.2, 0) is 0 Å². The molecule has 5 rings (SSSR count). The van der Waals surface area contributed by atoms with Crippen LogP contribution in [0.1, 0.15) is 30.6 Å². The van der Waals surface area contributed by atoms with Crippen LogP contribution in [0.2, 0.25) is 0 Å². The van der Waals surface area contributed by atoms with E-state index in [1.54, 1.807) is 45.3 Å². The van der Waals surface area contributed by atoms with Crippen LogP contribution < -0.4 is 0 Å². The summed E-state index contributed by atoms with van der Waals surface area (Å²) in [5.74, 6) is 13.7. The molecule has 4 heteroatoms. The van der Waals surface area contributed by atoms with E-state index in [1.807, 2.05) is 0 Å². The predicted molar refractivity (Wildman–Crippen MR) is 127 cm³/mol. The molecule has 0 aliphatic rings. The van der Waals surface area contributed by atoms with Gasteiger partial charge in [0.1, 0.15) is 0 Å². The van der Waals surface area contributed by atoms with Crippen LogP contribution in [0, 0.1) is 37.5 Å². The number of aryl methyl sites for hydroxylation is 2. The number of hydrogen-bond acceptors (Lipinski definition) is 4. The first-order valence-corrected chi connectivity index (χ1v) is 12.2. The molecule has 0 radical (unpaired) electrons. The zero-order valence-corrected chi connectivity index (χ0v) is 18.5. The van der Waals surface area contributed by atoms with E-state index >= 15 is 0 Å². The summed E-state index contributed by atoms with van der Waals surface area (Å²) in [6, 6.07) is 12.8. The maximum absolute atomic E-state index is 3.47. The fraction of sp³-hybridized carbons (Fsp3) is 0.0833. The molecular formula is C24H14S4. The molecule has 0 atom stereocenters. The Balaban J connectivity index is 1.72. The molecule has 5 aromatic rings. The van der Waals surface area contributed by atoms with Gasteiger partial charge < -0.3 is 0 Å². The van der Waals surface area contributed by atoms with Gasteiger partial charge in [-0.05, 0) is 61.0 Å². The maximum Gasteiger partial charge on any atom is 0.0775 e. The SMILES string of the molecule is Cc1ccc(C#Cc2c3ccsc3c(C#Cc3ccc(C)s3)c3ccsc23)s1. The van der Waals surface area contributed by atoms with E-state index in [-0.39, 0.29) is 0 Å². The Bertz CT molecular complexity index is 1290. The van der Waals surface area contributed by atoms with Crippen molar-refractivity contribution in [3.63, 3.8) is 0 Å². The highest BCUT2D eigenvalue weighted by Crippen LogP contribution is 2.38. The van der Waals surface area contributed by atoms with Gasteiger partial charge in [0.15, 0.2) is 0 Å². The standard InChI is InChI=1S/C24H14S4/c1-15-3-5-17(27-15)7-9-19-21-11-13-26-24(21)20(22-12-14-25-23(19)22)10-8-18-6-4-16(2)28-18/h3-6,11-14H,1-2H3. The molecule has 0 saturated heterocycles. The summed E-state index contributed by atoms with van der Waals surface area (Å²) in [5, 5.41) is 6.73. The number of fused-ring (bicyclic) bond motifs is 2. The summed E-state index contributed by atoms with van der Waals surface area (Å²) in [6.45, 7) is 4.24. The Morgan fingerprint density at radius 1 is 0.571 bits per heavy atom. The fourth-order valence-electron chi connectivity index (χ4n) is 3.14. The molecular weight excluding hydrogens is 417 g/mol. The second kappa shape index (κ2) is 7.24. The molecule has 0 aliphatic heterocycles. The van der Waals surface area contributed by atoms with Crippen molar-refractivity contribution in [1.29, 1.82) is 0 Å². The number of benzene rings is 1. The highest BCUT2D eigenvalue weighted by molar-refractivity contribution is 7.19. The highest BCUT2D eigenvalue weighted by atomic mass is 32.1. The van der Waals surface area contributed by atoms with Crippen molar-refractivity contribution in [2.75, 3.05) is 0 Å². The van der Waals surface area contributed by atoms with Crippen LogP contribution in [0.25, 0.3) is 20.2 Å². The lowest BCUT2D eigenvalue weighted by atomic mass is 10.0. The molecule has 1 aromatic carbocycles. The van der Waals surface area contributed by atoms with Gasteiger partial charge in [-0.2, -0.15) is 0 Å². The summed E-state index contributed by atoms with van der Waals surface area (Å²) in [7, 11) is 0. The van der Waals surface area contributed by atoms with Crippen LogP contribution in [0.4, 0.5) is 0 Å². The average molecular weight is 431 g/mol. The van der Waals surface area contributed by atoms with Gasteiger partial charge in [0.2, 0.25) is 0 Å². The Kier molecular flexibility index (Phi) is 4.59. The van der Waals surface area contributed by atoms with E-state index in [1.165, 1.54) is 29.9 Å². The van der Waals surface area contributed by atoms with E-state index in [0.717, 1.165) is 20.9 Å². The molecule has 0 unspecified atom stereocenters. The van der Waals surface area contributed by atoms with Crippen molar-refractivity contribution in [3.05, 3.63) is 77.8 Å². The molecule has 0 saturated carbocycles. The zero-order chi connectivity index (χ0) is 19.1. The summed E-state index contributed by atoms with van der Waals surface area (Å²) >= 11 is 6.99. The molecule has 0 aliphatic carbocycles. The molecule has 4 heterocycles. The Morgan fingerprint density at radius 3 is 1.43 bits per heavy atom. The van der Waals surface area contributed by atoms with Gasteiger partial charge in [0.25, 0.3) is 0 Å². The van der Waals surface area contributed by atoms with Crippen molar-refractivity contribution in [3.8, 4) is 23.7 Å². The molecule has 28 heavy (non-hydrogen) atoms. The van der Waals surface area contributed by atoms with Crippen molar-refractivity contribution >= 4 is 65.5 Å². The zero-order valence-electron chi connectivity index (χ0n) is 15.3. The quantitative estimate of drug-likeness (QED) is 0.221. The topological polar surface area (TPSA) is 0 Å². The van der Waals surface area contributed by atoms with E-state index in [2.05, 4.69) is 84.7 Å². The number of hydrogen-bond donors (Lipinski definition) is 0. The van der Waals surface area contributed by atoms with Crippen LogP contribution in [0.15, 0.2) is 47.2 Å². The minimum Gasteiger partial charge on any atom is -0.142 e. The minimum atomic E-state index is 1.11. The van der Waals surface area contributed by atoms with Crippen LogP contribution >= 0.6 is 45.3 Å². The molecule has 4 aromatic heterocycles. The Labute approximate surface area is 180 Å². The summed E-state index contributed by atoms with van der Waals surface area (Å²) in [6.07, 6.45) is 0. The minimum absolute atomic E-state index is 1.11. The third kappa shape index (κ3) is 3.20. The number of rotatable bonds is 0. The first-order valence-electron chi connectivity index (χ1n) is 8.76. The molecule has 0 fully saturated rings. The van der Waals surface area contributed by atoms with Gasteiger partial charge in [-0.25, -0.2) is 0 Å². The lowest BCUT2D eigenvalue weighted by molar-refractivity contribution is 1.64. The van der Waals surface area contributed by atoms with Crippen molar-refractivity contribution < 1.29 is 0 Å². The second-order valence-electron chi connectivity index (χ2n) is 6.40. The first kappa shape index (κ1) is 17.7. The lowest BCUT2D eigenvalue weighted by Crippen LogP contribution is -1.84.